The molecule has 0 aromatic carbocycles. The van der Waals surface area contributed by atoms with Crippen LogP contribution in [0, 0.1) is 0 Å². The maximum Gasteiger partial charge on any atom is 0.0951 e. The van der Waals surface area contributed by atoms with Crippen molar-refractivity contribution in [2.24, 2.45) is 12.8 Å². The number of aryl methyl sites for hydroxylation is 2. The number of nitrogens with two attached hydrogens (primary N) is 1. The van der Waals surface area contributed by atoms with Crippen LogP contribution in [0.5, 0.6) is 0 Å². The predicted molar refractivity (Wildman–Crippen MR) is 67.9 cm³/mol. The molecular weight excluding hydrogens is 230 g/mol. The zero-order valence-corrected chi connectivity index (χ0v) is 10.7. The fourth-order valence-electron chi connectivity index (χ4n) is 2.06. The minimum atomic E-state index is -0.394. The van der Waals surface area contributed by atoms with E-state index in [0.29, 0.717) is 6.54 Å². The van der Waals surface area contributed by atoms with Gasteiger partial charge in [0.1, 0.15) is 0 Å². The Labute approximate surface area is 106 Å². The topological polar surface area (TPSA) is 81.9 Å². The van der Waals surface area contributed by atoms with Crippen molar-refractivity contribution in [3.05, 3.63) is 35.7 Å². The Hall–Kier alpha value is -1.66. The second kappa shape index (κ2) is 5.32. The molecule has 2 heterocycles. The molecule has 2 aromatic rings. The van der Waals surface area contributed by atoms with Gasteiger partial charge >= 0.3 is 0 Å². The first-order valence-electron chi connectivity index (χ1n) is 6.03. The molecule has 18 heavy (non-hydrogen) atoms. The zero-order chi connectivity index (χ0) is 13.1. The number of aliphatic hydroxyl groups excluding tert-OH is 1. The number of hydrogen-bond acceptors (Lipinski definition) is 4. The van der Waals surface area contributed by atoms with Gasteiger partial charge in [0.2, 0.25) is 0 Å². The number of aliphatic hydroxyl groups is 1. The number of imidazole rings is 1. The highest BCUT2D eigenvalue weighted by Gasteiger charge is 2.13. The van der Waals surface area contributed by atoms with Gasteiger partial charge in [0.25, 0.3) is 0 Å². The molecule has 1 unspecified atom stereocenters. The van der Waals surface area contributed by atoms with Crippen molar-refractivity contribution in [1.29, 1.82) is 0 Å². The molecule has 98 valence electrons. The van der Waals surface area contributed by atoms with Crippen LogP contribution in [0.25, 0.3) is 0 Å². The molecule has 6 heteroatoms. The highest BCUT2D eigenvalue weighted by Crippen LogP contribution is 2.14. The van der Waals surface area contributed by atoms with Crippen LogP contribution >= 0.6 is 0 Å². The fourth-order valence-corrected chi connectivity index (χ4v) is 2.06. The van der Waals surface area contributed by atoms with E-state index in [2.05, 4.69) is 17.0 Å². The summed E-state index contributed by atoms with van der Waals surface area (Å²) in [6.45, 7) is 2.68. The minimum absolute atomic E-state index is 0.0840. The highest BCUT2D eigenvalue weighted by atomic mass is 16.3. The Morgan fingerprint density at radius 1 is 1.50 bits per heavy atom. The maximum atomic E-state index is 9.12. The van der Waals surface area contributed by atoms with E-state index in [1.807, 2.05) is 22.5 Å². The minimum Gasteiger partial charge on any atom is -0.394 e. The molecule has 0 saturated carbocycles. The van der Waals surface area contributed by atoms with Crippen LogP contribution in [0.4, 0.5) is 0 Å². The van der Waals surface area contributed by atoms with Crippen LogP contribution in [0.3, 0.4) is 0 Å². The van der Waals surface area contributed by atoms with E-state index in [9.17, 15) is 0 Å². The first kappa shape index (κ1) is 12.8. The lowest BCUT2D eigenvalue weighted by molar-refractivity contribution is 0.263. The van der Waals surface area contributed by atoms with Crippen molar-refractivity contribution in [1.82, 2.24) is 19.3 Å². The maximum absolute atomic E-state index is 9.12. The summed E-state index contributed by atoms with van der Waals surface area (Å²) in [6.07, 6.45) is 6.33. The van der Waals surface area contributed by atoms with Crippen molar-refractivity contribution >= 4 is 0 Å². The van der Waals surface area contributed by atoms with E-state index >= 15 is 0 Å². The van der Waals surface area contributed by atoms with Crippen LogP contribution in [0.2, 0.25) is 0 Å². The van der Waals surface area contributed by atoms with Crippen LogP contribution in [0.1, 0.15) is 29.9 Å². The molecule has 0 saturated heterocycles. The first-order chi connectivity index (χ1) is 8.65. The fraction of sp³-hybridized carbons (Fsp3) is 0.500. The Kier molecular flexibility index (Phi) is 3.78. The third-order valence-electron chi connectivity index (χ3n) is 2.99. The molecule has 2 rings (SSSR count). The Bertz CT molecular complexity index is 516. The normalized spacial score (nSPS) is 12.9. The Morgan fingerprint density at radius 3 is 2.94 bits per heavy atom. The molecule has 0 aliphatic rings. The number of nitrogens with zero attached hydrogens (tertiary/aromatic N) is 4. The number of rotatable bonds is 5. The van der Waals surface area contributed by atoms with Crippen molar-refractivity contribution in [2.45, 2.75) is 25.9 Å². The van der Waals surface area contributed by atoms with E-state index in [1.54, 1.807) is 12.5 Å². The highest BCUT2D eigenvalue weighted by molar-refractivity contribution is 5.19. The molecule has 0 fully saturated rings. The molecule has 6 nitrogen and oxygen atoms in total. The van der Waals surface area contributed by atoms with Crippen molar-refractivity contribution in [2.75, 3.05) is 6.61 Å². The van der Waals surface area contributed by atoms with Gasteiger partial charge in [-0.25, -0.2) is 4.98 Å². The molecule has 0 aliphatic carbocycles. The lowest BCUT2D eigenvalue weighted by atomic mass is 10.2. The van der Waals surface area contributed by atoms with Crippen LogP contribution in [-0.4, -0.2) is 31.0 Å². The van der Waals surface area contributed by atoms with Crippen molar-refractivity contribution in [3.8, 4) is 0 Å². The summed E-state index contributed by atoms with van der Waals surface area (Å²) in [4.78, 5) is 4.09. The van der Waals surface area contributed by atoms with E-state index in [1.165, 1.54) is 0 Å². The van der Waals surface area contributed by atoms with E-state index in [-0.39, 0.29) is 6.61 Å². The van der Waals surface area contributed by atoms with Crippen LogP contribution in [-0.2, 0) is 20.0 Å². The molecule has 1 atom stereocenters. The van der Waals surface area contributed by atoms with Gasteiger partial charge in [0, 0.05) is 25.0 Å². The molecule has 0 radical (unpaired) electrons. The third kappa shape index (κ3) is 2.44. The third-order valence-corrected chi connectivity index (χ3v) is 2.99. The standard InChI is InChI=1S/C12H19N5O/c1-3-11-9(5-16(2)15-11)6-17-8-14-4-12(17)10(13)7-18/h4-5,8,10,18H,3,6-7,13H2,1-2H3. The van der Waals surface area contributed by atoms with Gasteiger partial charge in [0.15, 0.2) is 0 Å². The van der Waals surface area contributed by atoms with Crippen molar-refractivity contribution in [3.63, 3.8) is 0 Å². The van der Waals surface area contributed by atoms with Gasteiger partial charge in [-0.05, 0) is 6.42 Å². The largest absolute Gasteiger partial charge is 0.394 e. The Balaban J connectivity index is 2.26. The summed E-state index contributed by atoms with van der Waals surface area (Å²) in [7, 11) is 1.91. The zero-order valence-electron chi connectivity index (χ0n) is 10.7. The predicted octanol–water partition coefficient (Wildman–Crippen LogP) is 0.219. The molecule has 0 amide bonds. The van der Waals surface area contributed by atoms with E-state index in [4.69, 9.17) is 10.8 Å². The van der Waals surface area contributed by atoms with Crippen LogP contribution < -0.4 is 5.73 Å². The van der Waals surface area contributed by atoms with E-state index in [0.717, 1.165) is 23.4 Å². The molecule has 0 aliphatic heterocycles. The average molecular weight is 249 g/mol. The summed E-state index contributed by atoms with van der Waals surface area (Å²) >= 11 is 0. The monoisotopic (exact) mass is 249 g/mol. The lowest BCUT2D eigenvalue weighted by Crippen LogP contribution is -2.19. The lowest BCUT2D eigenvalue weighted by Gasteiger charge is -2.12. The average Bonchev–Trinajstić information content (AvgIpc) is 2.95. The molecule has 3 N–H and O–H groups in total. The molecule has 2 aromatic heterocycles. The van der Waals surface area contributed by atoms with Crippen LogP contribution in [0.15, 0.2) is 18.7 Å². The second-order valence-electron chi connectivity index (χ2n) is 4.36. The summed E-state index contributed by atoms with van der Waals surface area (Å²) < 4.78 is 3.77. The molecule has 0 spiro atoms. The quantitative estimate of drug-likeness (QED) is 0.794. The van der Waals surface area contributed by atoms with Gasteiger partial charge in [-0.15, -0.1) is 0 Å². The smallest absolute Gasteiger partial charge is 0.0951 e. The molecular formula is C12H19N5O. The summed E-state index contributed by atoms with van der Waals surface area (Å²) in [5.74, 6) is 0. The summed E-state index contributed by atoms with van der Waals surface area (Å²) in [5.41, 5.74) is 8.91. The van der Waals surface area contributed by atoms with Gasteiger partial charge in [-0.2, -0.15) is 5.10 Å². The summed E-state index contributed by atoms with van der Waals surface area (Å²) in [6, 6.07) is -0.394. The van der Waals surface area contributed by atoms with E-state index < -0.39 is 6.04 Å². The molecule has 0 bridgehead atoms. The summed E-state index contributed by atoms with van der Waals surface area (Å²) in [5, 5.41) is 13.5. The Morgan fingerprint density at radius 2 is 2.28 bits per heavy atom. The SMILES string of the molecule is CCc1nn(C)cc1Cn1cncc1C(N)CO. The van der Waals surface area contributed by atoms with Crippen molar-refractivity contribution < 1.29 is 5.11 Å². The van der Waals surface area contributed by atoms with Gasteiger partial charge in [0.05, 0.1) is 36.9 Å². The van der Waals surface area contributed by atoms with Gasteiger partial charge in [-0.1, -0.05) is 6.92 Å². The van der Waals surface area contributed by atoms with Gasteiger partial charge in [-0.3, -0.25) is 4.68 Å². The first-order valence-corrected chi connectivity index (χ1v) is 6.03. The number of aromatic nitrogens is 4. The second-order valence-corrected chi connectivity index (χ2v) is 4.36. The number of hydrogen-bond donors (Lipinski definition) is 2. The van der Waals surface area contributed by atoms with Gasteiger partial charge < -0.3 is 15.4 Å².